The summed E-state index contributed by atoms with van der Waals surface area (Å²) in [5, 5.41) is 6.71. The summed E-state index contributed by atoms with van der Waals surface area (Å²) in [6.45, 7) is 3.43. The third-order valence-corrected chi connectivity index (χ3v) is 5.02. The standard InChI is InChI=1S/C19H19Br2N3O3/c1-12-9-14(7-8-15(12)20)27-11-19(26)24-23-13(2)10-18(25)22-17-6-4-3-5-16(17)21/h3-9H,10-11H2,1-2H3,(H,22,25)(H,24,26)/b23-13-. The van der Waals surface area contributed by atoms with Gasteiger partial charge in [0.25, 0.3) is 5.91 Å². The molecule has 142 valence electrons. The fraction of sp³-hybridized carbons (Fsp3) is 0.211. The van der Waals surface area contributed by atoms with Crippen molar-refractivity contribution in [2.24, 2.45) is 5.10 Å². The maximum absolute atomic E-state index is 12.0. The molecule has 0 fully saturated rings. The molecule has 8 heteroatoms. The molecule has 0 saturated carbocycles. The Hall–Kier alpha value is -2.19. The summed E-state index contributed by atoms with van der Waals surface area (Å²) in [5.41, 5.74) is 4.55. The number of hydrazone groups is 1. The van der Waals surface area contributed by atoms with Crippen molar-refractivity contribution in [2.45, 2.75) is 20.3 Å². The summed E-state index contributed by atoms with van der Waals surface area (Å²) in [5.74, 6) is -0.0283. The van der Waals surface area contributed by atoms with Gasteiger partial charge >= 0.3 is 0 Å². The van der Waals surface area contributed by atoms with Gasteiger partial charge in [-0.05, 0) is 65.7 Å². The van der Waals surface area contributed by atoms with E-state index in [1.54, 1.807) is 19.1 Å². The van der Waals surface area contributed by atoms with Crippen LogP contribution >= 0.6 is 31.9 Å². The summed E-state index contributed by atoms with van der Waals surface area (Å²) in [4.78, 5) is 23.9. The highest BCUT2D eigenvalue weighted by atomic mass is 79.9. The number of amides is 2. The van der Waals surface area contributed by atoms with Gasteiger partial charge in [-0.2, -0.15) is 5.10 Å². The molecule has 2 rings (SSSR count). The lowest BCUT2D eigenvalue weighted by Gasteiger charge is -2.08. The maximum atomic E-state index is 12.0. The lowest BCUT2D eigenvalue weighted by atomic mass is 10.2. The monoisotopic (exact) mass is 495 g/mol. The van der Waals surface area contributed by atoms with Crippen LogP contribution in [0.25, 0.3) is 0 Å². The second-order valence-corrected chi connectivity index (χ2v) is 7.50. The molecule has 6 nitrogen and oxygen atoms in total. The van der Waals surface area contributed by atoms with Gasteiger partial charge in [0.05, 0.1) is 12.1 Å². The number of carbonyl (C=O) groups is 2. The number of benzene rings is 2. The first-order valence-corrected chi connectivity index (χ1v) is 9.69. The first kappa shape index (κ1) is 21.1. The van der Waals surface area contributed by atoms with E-state index in [-0.39, 0.29) is 18.9 Å². The Labute approximate surface area is 174 Å². The Morgan fingerprint density at radius 2 is 1.81 bits per heavy atom. The van der Waals surface area contributed by atoms with E-state index in [2.05, 4.69) is 47.7 Å². The molecule has 0 atom stereocenters. The van der Waals surface area contributed by atoms with Crippen LogP contribution in [0, 0.1) is 6.92 Å². The van der Waals surface area contributed by atoms with Crippen molar-refractivity contribution in [3.8, 4) is 5.75 Å². The number of nitrogens with zero attached hydrogens (tertiary/aromatic N) is 1. The smallest absolute Gasteiger partial charge is 0.277 e. The number of ether oxygens (including phenoxy) is 1. The quantitative estimate of drug-likeness (QED) is 0.439. The van der Waals surface area contributed by atoms with E-state index >= 15 is 0 Å². The molecule has 0 aliphatic heterocycles. The minimum atomic E-state index is -0.402. The number of carbonyl (C=O) groups excluding carboxylic acids is 2. The van der Waals surface area contributed by atoms with Crippen LogP contribution in [0.3, 0.4) is 0 Å². The second-order valence-electron chi connectivity index (χ2n) is 5.79. The van der Waals surface area contributed by atoms with Gasteiger partial charge in [0.15, 0.2) is 6.61 Å². The summed E-state index contributed by atoms with van der Waals surface area (Å²) >= 11 is 6.77. The van der Waals surface area contributed by atoms with Crippen LogP contribution in [0.1, 0.15) is 18.9 Å². The number of hydrogen-bond donors (Lipinski definition) is 2. The van der Waals surface area contributed by atoms with Crippen molar-refractivity contribution in [1.82, 2.24) is 5.43 Å². The molecular weight excluding hydrogens is 478 g/mol. The molecule has 0 radical (unpaired) electrons. The van der Waals surface area contributed by atoms with Gasteiger partial charge in [-0.3, -0.25) is 9.59 Å². The van der Waals surface area contributed by atoms with Crippen LogP contribution in [-0.2, 0) is 9.59 Å². The van der Waals surface area contributed by atoms with Gasteiger partial charge in [0.2, 0.25) is 5.91 Å². The molecule has 27 heavy (non-hydrogen) atoms. The van der Waals surface area contributed by atoms with Gasteiger partial charge in [-0.25, -0.2) is 5.43 Å². The summed E-state index contributed by atoms with van der Waals surface area (Å²) in [6.07, 6.45) is 0.0639. The minimum absolute atomic E-state index is 0.0639. The average molecular weight is 497 g/mol. The largest absolute Gasteiger partial charge is 0.484 e. The van der Waals surface area contributed by atoms with Gasteiger partial charge in [0.1, 0.15) is 5.75 Å². The Bertz CT molecular complexity index is 869. The third-order valence-electron chi connectivity index (χ3n) is 3.44. The van der Waals surface area contributed by atoms with Crippen molar-refractivity contribution in [3.05, 3.63) is 57.0 Å². The third kappa shape index (κ3) is 7.15. The van der Waals surface area contributed by atoms with Gasteiger partial charge in [0, 0.05) is 14.7 Å². The van der Waals surface area contributed by atoms with E-state index in [1.807, 2.05) is 37.3 Å². The number of halogens is 2. The molecule has 0 aliphatic carbocycles. The van der Waals surface area contributed by atoms with Gasteiger partial charge in [-0.15, -0.1) is 0 Å². The van der Waals surface area contributed by atoms with Crippen molar-refractivity contribution in [1.29, 1.82) is 0 Å². The minimum Gasteiger partial charge on any atom is -0.484 e. The molecule has 0 aliphatic rings. The molecule has 0 bridgehead atoms. The van der Waals surface area contributed by atoms with E-state index < -0.39 is 5.91 Å². The van der Waals surface area contributed by atoms with Crippen LogP contribution in [0.15, 0.2) is 56.5 Å². The van der Waals surface area contributed by atoms with Crippen LogP contribution in [0.4, 0.5) is 5.69 Å². The predicted molar refractivity (Wildman–Crippen MR) is 113 cm³/mol. The predicted octanol–water partition coefficient (Wildman–Crippen LogP) is 4.42. The van der Waals surface area contributed by atoms with E-state index in [4.69, 9.17) is 4.74 Å². The highest BCUT2D eigenvalue weighted by molar-refractivity contribution is 9.10. The normalized spacial score (nSPS) is 11.0. The Balaban J connectivity index is 1.78. The number of hydrogen-bond acceptors (Lipinski definition) is 4. The lowest BCUT2D eigenvalue weighted by Crippen LogP contribution is -2.26. The van der Waals surface area contributed by atoms with Crippen molar-refractivity contribution < 1.29 is 14.3 Å². The maximum Gasteiger partial charge on any atom is 0.277 e. The molecule has 0 unspecified atom stereocenters. The number of aryl methyl sites for hydroxylation is 1. The number of para-hydroxylation sites is 1. The fourth-order valence-corrected chi connectivity index (χ4v) is 2.71. The topological polar surface area (TPSA) is 79.8 Å². The van der Waals surface area contributed by atoms with E-state index in [0.717, 1.165) is 14.5 Å². The van der Waals surface area contributed by atoms with Crippen molar-refractivity contribution in [2.75, 3.05) is 11.9 Å². The zero-order valence-corrected chi connectivity index (χ0v) is 18.1. The number of rotatable bonds is 7. The average Bonchev–Trinajstić information content (AvgIpc) is 2.63. The van der Waals surface area contributed by atoms with E-state index in [9.17, 15) is 9.59 Å². The summed E-state index contributed by atoms with van der Waals surface area (Å²) in [6, 6.07) is 12.8. The van der Waals surface area contributed by atoms with Gasteiger partial charge in [-0.1, -0.05) is 28.1 Å². The zero-order chi connectivity index (χ0) is 19.8. The Morgan fingerprint density at radius 1 is 1.07 bits per heavy atom. The molecule has 0 heterocycles. The molecule has 0 aromatic heterocycles. The molecule has 2 amide bonds. The van der Waals surface area contributed by atoms with Crippen LogP contribution < -0.4 is 15.5 Å². The van der Waals surface area contributed by atoms with Gasteiger partial charge < -0.3 is 10.1 Å². The lowest BCUT2D eigenvalue weighted by molar-refractivity contribution is -0.123. The Kier molecular flexibility index (Phi) is 7.99. The summed E-state index contributed by atoms with van der Waals surface area (Å²) < 4.78 is 7.19. The van der Waals surface area contributed by atoms with Crippen molar-refractivity contribution >= 4 is 55.1 Å². The summed E-state index contributed by atoms with van der Waals surface area (Å²) in [7, 11) is 0. The van der Waals surface area contributed by atoms with E-state index in [1.165, 1.54) is 0 Å². The Morgan fingerprint density at radius 3 is 2.52 bits per heavy atom. The first-order chi connectivity index (χ1) is 12.8. The van der Waals surface area contributed by atoms with Crippen LogP contribution in [0.2, 0.25) is 0 Å². The second kappa shape index (κ2) is 10.2. The SMILES string of the molecule is C/C(CC(=O)Nc1ccccc1Br)=N/NC(=O)COc1ccc(Br)c(C)c1. The fourth-order valence-electron chi connectivity index (χ4n) is 2.07. The molecule has 2 aromatic carbocycles. The molecular formula is C19H19Br2N3O3. The van der Waals surface area contributed by atoms with Crippen LogP contribution in [0.5, 0.6) is 5.75 Å². The zero-order valence-electron chi connectivity index (χ0n) is 14.9. The van der Waals surface area contributed by atoms with Crippen LogP contribution in [-0.4, -0.2) is 24.1 Å². The van der Waals surface area contributed by atoms with E-state index in [0.29, 0.717) is 17.1 Å². The number of nitrogens with one attached hydrogen (secondary N) is 2. The molecule has 0 saturated heterocycles. The molecule has 2 N–H and O–H groups in total. The first-order valence-electron chi connectivity index (χ1n) is 8.10. The van der Waals surface area contributed by atoms with Crippen molar-refractivity contribution in [3.63, 3.8) is 0 Å². The highest BCUT2D eigenvalue weighted by Gasteiger charge is 2.08. The number of anilines is 1. The highest BCUT2D eigenvalue weighted by Crippen LogP contribution is 2.22. The molecule has 2 aromatic rings. The molecule has 0 spiro atoms.